The molecule has 1 aromatic heterocycles. The SMILES string of the molecule is CCCC(CCC)C(O)C1CCCc2cccnc21. The summed E-state index contributed by atoms with van der Waals surface area (Å²) in [5, 5.41) is 10.8. The lowest BCUT2D eigenvalue weighted by Gasteiger charge is -2.33. The second-order valence-electron chi connectivity index (χ2n) is 5.87. The molecule has 0 aromatic carbocycles. The molecule has 0 radical (unpaired) electrons. The van der Waals surface area contributed by atoms with Crippen molar-refractivity contribution in [3.63, 3.8) is 0 Å². The summed E-state index contributed by atoms with van der Waals surface area (Å²) in [6.45, 7) is 4.42. The standard InChI is InChI=1S/C17H27NO/c1-3-7-14(8-4-2)17(19)15-11-5-9-13-10-6-12-18-16(13)15/h6,10,12,14-15,17,19H,3-5,7-9,11H2,1-2H3. The van der Waals surface area contributed by atoms with E-state index in [0.717, 1.165) is 38.5 Å². The molecule has 2 rings (SSSR count). The molecular weight excluding hydrogens is 234 g/mol. The normalized spacial score (nSPS) is 20.3. The zero-order chi connectivity index (χ0) is 13.7. The third-order valence-corrected chi connectivity index (χ3v) is 4.45. The maximum atomic E-state index is 10.8. The first-order valence-electron chi connectivity index (χ1n) is 7.89. The Labute approximate surface area is 117 Å². The van der Waals surface area contributed by atoms with Crippen LogP contribution < -0.4 is 0 Å². The summed E-state index contributed by atoms with van der Waals surface area (Å²) in [5.74, 6) is 0.695. The summed E-state index contributed by atoms with van der Waals surface area (Å²) in [4.78, 5) is 4.56. The molecule has 2 heteroatoms. The maximum Gasteiger partial charge on any atom is 0.0652 e. The molecule has 1 heterocycles. The Balaban J connectivity index is 2.16. The van der Waals surface area contributed by atoms with Crippen LogP contribution in [-0.2, 0) is 6.42 Å². The summed E-state index contributed by atoms with van der Waals surface area (Å²) in [6, 6.07) is 4.19. The fourth-order valence-corrected chi connectivity index (χ4v) is 3.53. The predicted octanol–water partition coefficient (Wildman–Crippen LogP) is 4.08. The van der Waals surface area contributed by atoms with Crippen molar-refractivity contribution in [2.45, 2.75) is 70.8 Å². The van der Waals surface area contributed by atoms with Gasteiger partial charge in [0.25, 0.3) is 0 Å². The lowest BCUT2D eigenvalue weighted by atomic mass is 9.77. The van der Waals surface area contributed by atoms with Crippen LogP contribution in [0.2, 0.25) is 0 Å². The van der Waals surface area contributed by atoms with Gasteiger partial charge in [0.2, 0.25) is 0 Å². The highest BCUT2D eigenvalue weighted by Gasteiger charge is 2.32. The van der Waals surface area contributed by atoms with Crippen molar-refractivity contribution in [3.05, 3.63) is 29.6 Å². The van der Waals surface area contributed by atoms with E-state index >= 15 is 0 Å². The van der Waals surface area contributed by atoms with Crippen molar-refractivity contribution >= 4 is 0 Å². The quantitative estimate of drug-likeness (QED) is 0.837. The lowest BCUT2D eigenvalue weighted by molar-refractivity contribution is 0.0627. The van der Waals surface area contributed by atoms with Gasteiger partial charge in [-0.3, -0.25) is 4.98 Å². The molecule has 0 saturated carbocycles. The first-order valence-corrected chi connectivity index (χ1v) is 7.89. The number of rotatable bonds is 6. The van der Waals surface area contributed by atoms with Gasteiger partial charge in [-0.1, -0.05) is 32.8 Å². The fourth-order valence-electron chi connectivity index (χ4n) is 3.53. The monoisotopic (exact) mass is 261 g/mol. The van der Waals surface area contributed by atoms with Gasteiger partial charge in [0, 0.05) is 17.8 Å². The molecule has 1 aliphatic rings. The molecule has 19 heavy (non-hydrogen) atoms. The highest BCUT2D eigenvalue weighted by Crippen LogP contribution is 2.37. The van der Waals surface area contributed by atoms with Gasteiger partial charge in [0.1, 0.15) is 0 Å². The van der Waals surface area contributed by atoms with Crippen LogP contribution in [-0.4, -0.2) is 16.2 Å². The van der Waals surface area contributed by atoms with E-state index in [1.807, 2.05) is 12.3 Å². The van der Waals surface area contributed by atoms with Crippen LogP contribution in [0.4, 0.5) is 0 Å². The van der Waals surface area contributed by atoms with Crippen molar-refractivity contribution in [2.24, 2.45) is 5.92 Å². The van der Waals surface area contributed by atoms with Crippen LogP contribution in [0.5, 0.6) is 0 Å². The third kappa shape index (κ3) is 3.36. The van der Waals surface area contributed by atoms with E-state index in [4.69, 9.17) is 0 Å². The first-order chi connectivity index (χ1) is 9.27. The van der Waals surface area contributed by atoms with Crippen LogP contribution in [0.1, 0.15) is 69.5 Å². The topological polar surface area (TPSA) is 33.1 Å². The molecule has 0 bridgehead atoms. The minimum Gasteiger partial charge on any atom is -0.392 e. The van der Waals surface area contributed by atoms with Gasteiger partial charge in [-0.25, -0.2) is 0 Å². The number of aryl methyl sites for hydroxylation is 1. The Morgan fingerprint density at radius 1 is 1.32 bits per heavy atom. The van der Waals surface area contributed by atoms with Crippen LogP contribution in [0.15, 0.2) is 18.3 Å². The van der Waals surface area contributed by atoms with Crippen LogP contribution in [0, 0.1) is 5.92 Å². The Morgan fingerprint density at radius 3 is 2.74 bits per heavy atom. The maximum absolute atomic E-state index is 10.8. The van der Waals surface area contributed by atoms with Gasteiger partial charge >= 0.3 is 0 Å². The van der Waals surface area contributed by atoms with Crippen LogP contribution in [0.25, 0.3) is 0 Å². The van der Waals surface area contributed by atoms with Crippen molar-refractivity contribution in [2.75, 3.05) is 0 Å². The highest BCUT2D eigenvalue weighted by molar-refractivity contribution is 5.27. The second-order valence-corrected chi connectivity index (χ2v) is 5.87. The molecule has 0 saturated heterocycles. The Hall–Kier alpha value is -0.890. The average molecular weight is 261 g/mol. The Morgan fingerprint density at radius 2 is 2.05 bits per heavy atom. The molecule has 0 fully saturated rings. The minimum atomic E-state index is -0.214. The number of pyridine rings is 1. The Kier molecular flexibility index (Phi) is 5.38. The van der Waals surface area contributed by atoms with Gasteiger partial charge < -0.3 is 5.11 Å². The van der Waals surface area contributed by atoms with E-state index in [0.29, 0.717) is 5.92 Å². The van der Waals surface area contributed by atoms with E-state index in [-0.39, 0.29) is 12.0 Å². The molecule has 0 aliphatic heterocycles. The summed E-state index contributed by atoms with van der Waals surface area (Å²) in [6.07, 6.45) is 9.64. The number of hydrogen-bond donors (Lipinski definition) is 1. The average Bonchev–Trinajstić information content (AvgIpc) is 2.46. The van der Waals surface area contributed by atoms with Gasteiger partial charge in [0.05, 0.1) is 6.10 Å². The number of aliphatic hydroxyl groups excluding tert-OH is 1. The summed E-state index contributed by atoms with van der Waals surface area (Å²) in [5.41, 5.74) is 2.52. The number of nitrogens with zero attached hydrogens (tertiary/aromatic N) is 1. The molecule has 0 spiro atoms. The smallest absolute Gasteiger partial charge is 0.0652 e. The summed E-state index contributed by atoms with van der Waals surface area (Å²) >= 11 is 0. The molecule has 2 atom stereocenters. The minimum absolute atomic E-state index is 0.214. The molecule has 1 aliphatic carbocycles. The molecule has 106 valence electrons. The third-order valence-electron chi connectivity index (χ3n) is 4.45. The fraction of sp³-hybridized carbons (Fsp3) is 0.706. The van der Waals surface area contributed by atoms with Gasteiger partial charge in [0.15, 0.2) is 0 Å². The highest BCUT2D eigenvalue weighted by atomic mass is 16.3. The number of hydrogen-bond acceptors (Lipinski definition) is 2. The zero-order valence-electron chi connectivity index (χ0n) is 12.3. The molecular formula is C17H27NO. The van der Waals surface area contributed by atoms with Crippen molar-refractivity contribution in [1.29, 1.82) is 0 Å². The summed E-state index contributed by atoms with van der Waals surface area (Å²) < 4.78 is 0. The Bertz CT molecular complexity index is 385. The molecule has 2 unspecified atom stereocenters. The molecule has 1 N–H and O–H groups in total. The second kappa shape index (κ2) is 7.04. The van der Waals surface area contributed by atoms with Crippen LogP contribution in [0.3, 0.4) is 0 Å². The van der Waals surface area contributed by atoms with Gasteiger partial charge in [-0.15, -0.1) is 0 Å². The van der Waals surface area contributed by atoms with Crippen molar-refractivity contribution in [3.8, 4) is 0 Å². The zero-order valence-corrected chi connectivity index (χ0v) is 12.3. The number of fused-ring (bicyclic) bond motifs is 1. The van der Waals surface area contributed by atoms with E-state index in [1.54, 1.807) is 0 Å². The van der Waals surface area contributed by atoms with Crippen molar-refractivity contribution < 1.29 is 5.11 Å². The lowest BCUT2D eigenvalue weighted by Crippen LogP contribution is -2.31. The molecule has 2 nitrogen and oxygen atoms in total. The summed E-state index contributed by atoms with van der Waals surface area (Å²) in [7, 11) is 0. The largest absolute Gasteiger partial charge is 0.392 e. The van der Waals surface area contributed by atoms with E-state index in [2.05, 4.69) is 24.9 Å². The van der Waals surface area contributed by atoms with Crippen molar-refractivity contribution in [1.82, 2.24) is 4.98 Å². The predicted molar refractivity (Wildman–Crippen MR) is 79.2 cm³/mol. The molecule has 0 amide bonds. The van der Waals surface area contributed by atoms with Gasteiger partial charge in [-0.05, 0) is 49.7 Å². The van der Waals surface area contributed by atoms with Gasteiger partial charge in [-0.2, -0.15) is 0 Å². The first kappa shape index (κ1) is 14.5. The van der Waals surface area contributed by atoms with Crippen LogP contribution >= 0.6 is 0 Å². The van der Waals surface area contributed by atoms with E-state index in [1.165, 1.54) is 17.7 Å². The van der Waals surface area contributed by atoms with E-state index in [9.17, 15) is 5.11 Å². The number of aromatic nitrogens is 1. The molecule has 1 aromatic rings. The van der Waals surface area contributed by atoms with E-state index < -0.39 is 0 Å². The number of aliphatic hydroxyl groups is 1.